The van der Waals surface area contributed by atoms with Crippen LogP contribution in [0.3, 0.4) is 0 Å². The minimum Gasteiger partial charge on any atom is -0.341 e. The van der Waals surface area contributed by atoms with E-state index in [0.29, 0.717) is 42.9 Å². The van der Waals surface area contributed by atoms with Crippen molar-refractivity contribution in [3.8, 4) is 0 Å². The number of fused-ring (bicyclic) bond motifs is 3. The van der Waals surface area contributed by atoms with Gasteiger partial charge < -0.3 is 20.9 Å². The van der Waals surface area contributed by atoms with E-state index in [1.165, 1.54) is 31.3 Å². The number of halogens is 2. The molecule has 2 aromatic carbocycles. The Morgan fingerprint density at radius 3 is 2.59 bits per heavy atom. The SMILES string of the molecule is CNC(=O)Nc1cc2c(cc1F)[C@]1(CC2)NC(=O)N(CC(=O)N2Cc3ccc(F)cc3CCC2C2CC2)C1=O. The van der Waals surface area contributed by atoms with Crippen molar-refractivity contribution in [1.82, 2.24) is 20.4 Å². The molecule has 9 nitrogen and oxygen atoms in total. The Bertz CT molecular complexity index is 1410. The highest BCUT2D eigenvalue weighted by Gasteiger charge is 2.56. The molecule has 2 atom stereocenters. The lowest BCUT2D eigenvalue weighted by molar-refractivity contribution is -0.141. The van der Waals surface area contributed by atoms with Gasteiger partial charge in [0.1, 0.15) is 23.7 Å². The molecular formula is C28H29F2N5O4. The Hall–Kier alpha value is -4.02. The number of anilines is 1. The number of amides is 6. The van der Waals surface area contributed by atoms with Crippen molar-refractivity contribution in [1.29, 1.82) is 0 Å². The minimum atomic E-state index is -1.46. The highest BCUT2D eigenvalue weighted by atomic mass is 19.1. The molecule has 0 radical (unpaired) electrons. The van der Waals surface area contributed by atoms with Crippen LogP contribution in [0.15, 0.2) is 30.3 Å². The maximum atomic E-state index is 14.9. The summed E-state index contributed by atoms with van der Waals surface area (Å²) in [7, 11) is 1.41. The Morgan fingerprint density at radius 1 is 1.05 bits per heavy atom. The van der Waals surface area contributed by atoms with E-state index in [1.807, 2.05) is 0 Å². The van der Waals surface area contributed by atoms with Crippen LogP contribution < -0.4 is 16.0 Å². The molecule has 39 heavy (non-hydrogen) atoms. The smallest absolute Gasteiger partial charge is 0.325 e. The molecule has 2 fully saturated rings. The predicted molar refractivity (Wildman–Crippen MR) is 137 cm³/mol. The van der Waals surface area contributed by atoms with Gasteiger partial charge in [0, 0.05) is 19.6 Å². The van der Waals surface area contributed by atoms with Gasteiger partial charge in [0.25, 0.3) is 5.91 Å². The van der Waals surface area contributed by atoms with Gasteiger partial charge in [-0.3, -0.25) is 14.5 Å². The van der Waals surface area contributed by atoms with Crippen molar-refractivity contribution >= 4 is 29.6 Å². The normalized spacial score (nSPS) is 23.8. The van der Waals surface area contributed by atoms with Crippen molar-refractivity contribution in [3.63, 3.8) is 0 Å². The molecule has 2 aliphatic carbocycles. The van der Waals surface area contributed by atoms with Gasteiger partial charge in [-0.15, -0.1) is 0 Å². The zero-order valence-electron chi connectivity index (χ0n) is 21.5. The standard InChI is InChI=1S/C28H29F2N5O4/c1-31-26(38)32-22-11-17-8-9-28(20(17)12-21(22)30)25(37)35(27(39)33-28)14-24(36)34-13-18-4-6-19(29)10-16(18)5-7-23(34)15-2-3-15/h4,6,10-12,15,23H,2-3,5,7-9,13-14H2,1H3,(H,33,39)(H2,31,32,38)/t23?,28-/m0/s1. The molecule has 0 bridgehead atoms. The third-order valence-electron chi connectivity index (χ3n) is 8.47. The van der Waals surface area contributed by atoms with Gasteiger partial charge in [0.05, 0.1) is 5.69 Å². The summed E-state index contributed by atoms with van der Waals surface area (Å²) in [6.07, 6.45) is 3.96. The third-order valence-corrected chi connectivity index (χ3v) is 8.47. The van der Waals surface area contributed by atoms with Gasteiger partial charge >= 0.3 is 12.1 Å². The van der Waals surface area contributed by atoms with Crippen molar-refractivity contribution in [2.75, 3.05) is 18.9 Å². The molecule has 1 saturated carbocycles. The molecule has 2 aliphatic heterocycles. The Kier molecular flexibility index (Phi) is 6.04. The van der Waals surface area contributed by atoms with Crippen molar-refractivity contribution < 1.29 is 28.0 Å². The average Bonchev–Trinajstić information content (AvgIpc) is 3.68. The van der Waals surface area contributed by atoms with E-state index in [4.69, 9.17) is 0 Å². The van der Waals surface area contributed by atoms with E-state index >= 15 is 0 Å². The van der Waals surface area contributed by atoms with Crippen LogP contribution in [-0.2, 0) is 34.5 Å². The van der Waals surface area contributed by atoms with Crippen molar-refractivity contribution in [2.45, 2.75) is 56.7 Å². The molecule has 2 heterocycles. The number of nitrogens with zero attached hydrogens (tertiary/aromatic N) is 2. The number of imide groups is 1. The maximum Gasteiger partial charge on any atom is 0.325 e. The molecule has 3 N–H and O–H groups in total. The molecule has 6 rings (SSSR count). The second kappa shape index (κ2) is 9.32. The number of hydrogen-bond donors (Lipinski definition) is 3. The first-order valence-corrected chi connectivity index (χ1v) is 13.2. The number of carbonyl (C=O) groups is 4. The minimum absolute atomic E-state index is 0.0265. The Labute approximate surface area is 223 Å². The lowest BCUT2D eigenvalue weighted by Crippen LogP contribution is -2.48. The predicted octanol–water partition coefficient (Wildman–Crippen LogP) is 3.16. The molecule has 11 heteroatoms. The zero-order chi connectivity index (χ0) is 27.5. The van der Waals surface area contributed by atoms with E-state index in [1.54, 1.807) is 11.0 Å². The zero-order valence-corrected chi connectivity index (χ0v) is 21.5. The number of carbonyl (C=O) groups excluding carboxylic acids is 4. The number of aryl methyl sites for hydroxylation is 2. The van der Waals surface area contributed by atoms with E-state index in [9.17, 15) is 28.0 Å². The van der Waals surface area contributed by atoms with Crippen LogP contribution in [0.1, 0.15) is 47.9 Å². The van der Waals surface area contributed by atoms with Gasteiger partial charge in [-0.05, 0) is 91.0 Å². The molecule has 1 spiro atoms. The quantitative estimate of drug-likeness (QED) is 0.521. The lowest BCUT2D eigenvalue weighted by Gasteiger charge is -2.31. The van der Waals surface area contributed by atoms with Crippen LogP contribution in [0.5, 0.6) is 0 Å². The number of rotatable bonds is 4. The number of nitrogens with one attached hydrogen (secondary N) is 3. The summed E-state index contributed by atoms with van der Waals surface area (Å²) in [5.41, 5.74) is 1.22. The largest absolute Gasteiger partial charge is 0.341 e. The van der Waals surface area contributed by atoms with E-state index in [-0.39, 0.29) is 29.9 Å². The average molecular weight is 538 g/mol. The van der Waals surface area contributed by atoms with Crippen LogP contribution in [0.4, 0.5) is 24.1 Å². The Morgan fingerprint density at radius 2 is 1.85 bits per heavy atom. The van der Waals surface area contributed by atoms with Gasteiger partial charge in [0.15, 0.2) is 0 Å². The molecule has 4 aliphatic rings. The molecule has 6 amide bonds. The maximum absolute atomic E-state index is 14.9. The van der Waals surface area contributed by atoms with E-state index in [2.05, 4.69) is 16.0 Å². The van der Waals surface area contributed by atoms with Crippen LogP contribution >= 0.6 is 0 Å². The summed E-state index contributed by atoms with van der Waals surface area (Å²) < 4.78 is 28.8. The molecule has 1 saturated heterocycles. The summed E-state index contributed by atoms with van der Waals surface area (Å²) in [6.45, 7) is -0.139. The molecule has 1 unspecified atom stereocenters. The first-order valence-electron chi connectivity index (χ1n) is 13.2. The van der Waals surface area contributed by atoms with Crippen LogP contribution in [-0.4, -0.2) is 53.3 Å². The Balaban J connectivity index is 1.24. The number of benzene rings is 2. The second-order valence-corrected chi connectivity index (χ2v) is 10.8. The van der Waals surface area contributed by atoms with Crippen LogP contribution in [0.2, 0.25) is 0 Å². The molecular weight excluding hydrogens is 508 g/mol. The number of urea groups is 2. The second-order valence-electron chi connectivity index (χ2n) is 10.8. The molecule has 204 valence electrons. The topological polar surface area (TPSA) is 111 Å². The summed E-state index contributed by atoms with van der Waals surface area (Å²) in [6, 6.07) is 5.91. The first kappa shape index (κ1) is 25.3. The van der Waals surface area contributed by atoms with Gasteiger partial charge in [-0.2, -0.15) is 0 Å². The summed E-state index contributed by atoms with van der Waals surface area (Å²) in [5, 5.41) is 7.51. The fourth-order valence-corrected chi connectivity index (χ4v) is 6.29. The summed E-state index contributed by atoms with van der Waals surface area (Å²) >= 11 is 0. The highest BCUT2D eigenvalue weighted by Crippen LogP contribution is 2.44. The molecule has 0 aromatic heterocycles. The van der Waals surface area contributed by atoms with E-state index in [0.717, 1.165) is 28.9 Å². The van der Waals surface area contributed by atoms with Crippen molar-refractivity contribution in [2.24, 2.45) is 5.92 Å². The third kappa shape index (κ3) is 4.29. The lowest BCUT2D eigenvalue weighted by atomic mass is 9.91. The summed E-state index contributed by atoms with van der Waals surface area (Å²) in [4.78, 5) is 54.8. The van der Waals surface area contributed by atoms with Crippen LogP contribution in [0.25, 0.3) is 0 Å². The van der Waals surface area contributed by atoms with E-state index < -0.39 is 35.9 Å². The summed E-state index contributed by atoms with van der Waals surface area (Å²) in [5.74, 6) is -1.64. The number of hydrogen-bond acceptors (Lipinski definition) is 4. The van der Waals surface area contributed by atoms with Gasteiger partial charge in [0.2, 0.25) is 5.91 Å². The van der Waals surface area contributed by atoms with Crippen LogP contribution in [0, 0.1) is 17.6 Å². The van der Waals surface area contributed by atoms with Gasteiger partial charge in [-0.1, -0.05) is 6.07 Å². The fourth-order valence-electron chi connectivity index (χ4n) is 6.29. The first-order chi connectivity index (χ1) is 18.7. The monoisotopic (exact) mass is 537 g/mol. The fraction of sp³-hybridized carbons (Fsp3) is 0.429. The highest BCUT2D eigenvalue weighted by molar-refractivity contribution is 6.10. The van der Waals surface area contributed by atoms with Gasteiger partial charge in [-0.25, -0.2) is 18.4 Å². The van der Waals surface area contributed by atoms with Crippen molar-refractivity contribution in [3.05, 3.63) is 64.2 Å². The molecule has 2 aromatic rings.